The van der Waals surface area contributed by atoms with Gasteiger partial charge in [0.25, 0.3) is 0 Å². The van der Waals surface area contributed by atoms with Gasteiger partial charge in [-0.1, -0.05) is 105 Å². The lowest BCUT2D eigenvalue weighted by Gasteiger charge is -2.29. The normalized spacial score (nSPS) is 16.6. The minimum absolute atomic E-state index is 0.296. The molecule has 4 aromatic rings. The zero-order valence-electron chi connectivity index (χ0n) is 27.5. The third-order valence-corrected chi connectivity index (χ3v) is 9.29. The molecule has 0 aromatic heterocycles. The molecule has 0 bridgehead atoms. The number of rotatable bonds is 14. The second kappa shape index (κ2) is 15.3. The first-order valence-electron chi connectivity index (χ1n) is 17.0. The van der Waals surface area contributed by atoms with Crippen LogP contribution in [0, 0.1) is 6.92 Å². The molecule has 5 nitrogen and oxygen atoms in total. The van der Waals surface area contributed by atoms with Gasteiger partial charge in [0.1, 0.15) is 18.1 Å². The summed E-state index contributed by atoms with van der Waals surface area (Å²) in [5.41, 5.74) is 7.68. The van der Waals surface area contributed by atoms with Gasteiger partial charge in [0.05, 0.1) is 6.61 Å². The van der Waals surface area contributed by atoms with Gasteiger partial charge in [0.15, 0.2) is 5.75 Å². The Morgan fingerprint density at radius 2 is 1.43 bits per heavy atom. The van der Waals surface area contributed by atoms with E-state index in [4.69, 9.17) is 19.2 Å². The first-order chi connectivity index (χ1) is 23.1. The van der Waals surface area contributed by atoms with Crippen LogP contribution in [0.5, 0.6) is 17.2 Å². The van der Waals surface area contributed by atoms with Crippen molar-refractivity contribution in [2.75, 3.05) is 13.2 Å². The number of hydrogen-bond acceptors (Lipinski definition) is 5. The maximum absolute atomic E-state index is 13.1. The average molecular weight is 629 g/mol. The molecule has 0 fully saturated rings. The van der Waals surface area contributed by atoms with Crippen LogP contribution >= 0.6 is 0 Å². The van der Waals surface area contributed by atoms with E-state index in [2.05, 4.69) is 50.2 Å². The Balaban J connectivity index is 1.13. The molecule has 1 spiro atoms. The zero-order chi connectivity index (χ0) is 32.5. The summed E-state index contributed by atoms with van der Waals surface area (Å²) in [5, 5.41) is 0. The Kier molecular flexibility index (Phi) is 10.5. The second-order valence-electron chi connectivity index (χ2n) is 12.6. The Hall–Kier alpha value is -4.61. The fourth-order valence-corrected chi connectivity index (χ4v) is 6.96. The van der Waals surface area contributed by atoms with Crippen molar-refractivity contribution in [3.63, 3.8) is 0 Å². The molecule has 0 radical (unpaired) electrons. The van der Waals surface area contributed by atoms with E-state index in [0.717, 1.165) is 72.5 Å². The molecule has 2 aliphatic rings. The fraction of sp³-hybridized carbons (Fsp3) is 0.310. The lowest BCUT2D eigenvalue weighted by molar-refractivity contribution is -0.196. The lowest BCUT2D eigenvalue weighted by atomic mass is 9.76. The molecular formula is C42H44O5. The number of aryl methyl sites for hydroxylation is 3. The first kappa shape index (κ1) is 32.3. The number of hydrogen-bond donors (Lipinski definition) is 0. The van der Waals surface area contributed by atoms with Gasteiger partial charge in [-0.3, -0.25) is 0 Å². The Labute approximate surface area is 278 Å². The van der Waals surface area contributed by atoms with Gasteiger partial charge < -0.3 is 14.4 Å². The van der Waals surface area contributed by atoms with Crippen LogP contribution in [0.4, 0.5) is 0 Å². The Bertz CT molecular complexity index is 1710. The highest BCUT2D eigenvalue weighted by Crippen LogP contribution is 2.57. The Morgan fingerprint density at radius 3 is 2.15 bits per heavy atom. The molecule has 5 heteroatoms. The maximum atomic E-state index is 13.1. The number of benzene rings is 4. The molecule has 6 rings (SSSR count). The van der Waals surface area contributed by atoms with Gasteiger partial charge in [-0.25, -0.2) is 4.79 Å². The van der Waals surface area contributed by atoms with Crippen LogP contribution in [0.2, 0.25) is 0 Å². The van der Waals surface area contributed by atoms with Gasteiger partial charge in [-0.05, 0) is 91.6 Å². The quantitative estimate of drug-likeness (QED) is 0.0348. The SMILES string of the molecule is CCCCCCOc1ccc(/C=C/C(=O)Oc2cccc3c2C2(CCc4cccc(OOC/C=C/c5ccc(C)cc5)c42)CC3)cc1. The summed E-state index contributed by atoms with van der Waals surface area (Å²) in [6.07, 6.45) is 15.7. The topological polar surface area (TPSA) is 54.0 Å². The van der Waals surface area contributed by atoms with Crippen LogP contribution in [0.15, 0.2) is 97.1 Å². The highest BCUT2D eigenvalue weighted by atomic mass is 17.2. The standard InChI is InChI=1S/C42H44O5/c1-3-4-5-6-29-44-36-22-19-33(20-23-36)21-24-39(43)46-37-13-7-11-34-25-27-42(40(34)37)28-26-35-12-8-14-38(41(35)42)47-45-30-9-10-32-17-15-31(2)16-18-32/h7-24H,3-6,25-30H2,1-2H3/b10-9+,24-21+. The molecule has 0 heterocycles. The van der Waals surface area contributed by atoms with Crippen LogP contribution in [0.25, 0.3) is 12.2 Å². The summed E-state index contributed by atoms with van der Waals surface area (Å²) in [6, 6.07) is 28.4. The highest BCUT2D eigenvalue weighted by Gasteiger charge is 2.48. The van der Waals surface area contributed by atoms with Crippen LogP contribution in [-0.4, -0.2) is 19.2 Å². The predicted molar refractivity (Wildman–Crippen MR) is 188 cm³/mol. The van der Waals surface area contributed by atoms with Crippen LogP contribution in [0.3, 0.4) is 0 Å². The minimum Gasteiger partial charge on any atom is -0.494 e. The summed E-state index contributed by atoms with van der Waals surface area (Å²) in [7, 11) is 0. The summed E-state index contributed by atoms with van der Waals surface area (Å²) in [5.74, 6) is 1.79. The van der Waals surface area contributed by atoms with Gasteiger partial charge in [0, 0.05) is 22.6 Å². The molecule has 242 valence electrons. The molecule has 0 saturated carbocycles. The highest BCUT2D eigenvalue weighted by molar-refractivity contribution is 5.89. The molecule has 47 heavy (non-hydrogen) atoms. The summed E-state index contributed by atoms with van der Waals surface area (Å²) >= 11 is 0. The van der Waals surface area contributed by atoms with Gasteiger partial charge >= 0.3 is 5.97 Å². The van der Waals surface area contributed by atoms with Crippen LogP contribution in [0.1, 0.15) is 84.4 Å². The van der Waals surface area contributed by atoms with Crippen molar-refractivity contribution in [1.29, 1.82) is 0 Å². The number of ether oxygens (including phenoxy) is 2. The second-order valence-corrected chi connectivity index (χ2v) is 12.6. The van der Waals surface area contributed by atoms with E-state index in [9.17, 15) is 4.79 Å². The fourth-order valence-electron chi connectivity index (χ4n) is 6.96. The predicted octanol–water partition coefficient (Wildman–Crippen LogP) is 9.78. The maximum Gasteiger partial charge on any atom is 0.336 e. The van der Waals surface area contributed by atoms with E-state index < -0.39 is 5.97 Å². The molecule has 0 N–H and O–H groups in total. The largest absolute Gasteiger partial charge is 0.494 e. The van der Waals surface area contributed by atoms with Crippen molar-refractivity contribution in [2.24, 2.45) is 0 Å². The number of esters is 1. The van der Waals surface area contributed by atoms with Gasteiger partial charge in [-0.2, -0.15) is 4.89 Å². The Morgan fingerprint density at radius 1 is 0.766 bits per heavy atom. The van der Waals surface area contributed by atoms with Crippen molar-refractivity contribution in [3.8, 4) is 17.2 Å². The minimum atomic E-state index is -0.400. The van der Waals surface area contributed by atoms with E-state index in [1.54, 1.807) is 6.08 Å². The van der Waals surface area contributed by atoms with Gasteiger partial charge in [-0.15, -0.1) is 0 Å². The lowest BCUT2D eigenvalue weighted by Crippen LogP contribution is -2.24. The van der Waals surface area contributed by atoms with Crippen molar-refractivity contribution in [3.05, 3.63) is 136 Å². The monoisotopic (exact) mass is 628 g/mol. The molecule has 1 unspecified atom stereocenters. The van der Waals surface area contributed by atoms with Crippen molar-refractivity contribution >= 4 is 18.1 Å². The first-order valence-corrected chi connectivity index (χ1v) is 17.0. The molecule has 0 aliphatic heterocycles. The number of unbranched alkanes of at least 4 members (excludes halogenated alkanes) is 3. The third-order valence-electron chi connectivity index (χ3n) is 9.29. The molecule has 2 aliphatic carbocycles. The van der Waals surface area contributed by atoms with Gasteiger partial charge in [0.2, 0.25) is 0 Å². The van der Waals surface area contributed by atoms with E-state index in [0.29, 0.717) is 12.4 Å². The number of carbonyl (C=O) groups is 1. The number of fused-ring (bicyclic) bond motifs is 4. The summed E-state index contributed by atoms with van der Waals surface area (Å²) in [6.45, 7) is 5.33. The molecule has 0 saturated heterocycles. The number of carbonyl (C=O) groups excluding carboxylic acids is 1. The van der Waals surface area contributed by atoms with Crippen LogP contribution < -0.4 is 14.4 Å². The molecule has 4 aromatic carbocycles. The molecule has 1 atom stereocenters. The summed E-state index contributed by atoms with van der Waals surface area (Å²) in [4.78, 5) is 24.8. The zero-order valence-corrected chi connectivity index (χ0v) is 27.5. The smallest absolute Gasteiger partial charge is 0.336 e. The van der Waals surface area contributed by atoms with E-state index in [1.165, 1.54) is 42.0 Å². The van der Waals surface area contributed by atoms with Crippen molar-refractivity contribution in [1.82, 2.24) is 0 Å². The third kappa shape index (κ3) is 7.69. The van der Waals surface area contributed by atoms with E-state index in [1.807, 2.05) is 60.7 Å². The average Bonchev–Trinajstić information content (AvgIpc) is 3.67. The summed E-state index contributed by atoms with van der Waals surface area (Å²) < 4.78 is 11.9. The van der Waals surface area contributed by atoms with Crippen LogP contribution in [-0.2, 0) is 27.9 Å². The van der Waals surface area contributed by atoms with Crippen molar-refractivity contribution in [2.45, 2.75) is 70.6 Å². The van der Waals surface area contributed by atoms with E-state index >= 15 is 0 Å². The van der Waals surface area contributed by atoms with E-state index in [-0.39, 0.29) is 5.41 Å². The molecular weight excluding hydrogens is 584 g/mol. The van der Waals surface area contributed by atoms with Crippen molar-refractivity contribution < 1.29 is 24.0 Å². The molecule has 0 amide bonds.